The lowest BCUT2D eigenvalue weighted by Crippen LogP contribution is -2.31. The van der Waals surface area contributed by atoms with Crippen LogP contribution in [0.1, 0.15) is 59.8 Å². The zero-order valence-electron chi connectivity index (χ0n) is 14.9. The third-order valence-corrected chi connectivity index (χ3v) is 5.15. The highest BCUT2D eigenvalue weighted by molar-refractivity contribution is 4.83. The van der Waals surface area contributed by atoms with E-state index in [1.807, 2.05) is 12.2 Å². The Morgan fingerprint density at radius 2 is 1.57 bits per heavy atom. The normalized spacial score (nSPS) is 24.8. The molecule has 122 valence electrons. The van der Waals surface area contributed by atoms with Crippen LogP contribution in [0, 0.1) is 23.2 Å². The molecule has 1 heteroatoms. The van der Waals surface area contributed by atoms with E-state index in [9.17, 15) is 0 Å². The van der Waals surface area contributed by atoms with Crippen molar-refractivity contribution in [3.05, 3.63) is 25.3 Å². The minimum Gasteiger partial charge on any atom is -0.296 e. The maximum absolute atomic E-state index is 3.86. The van der Waals surface area contributed by atoms with Gasteiger partial charge in [-0.05, 0) is 42.4 Å². The van der Waals surface area contributed by atoms with Crippen LogP contribution in [0.5, 0.6) is 0 Å². The van der Waals surface area contributed by atoms with Crippen molar-refractivity contribution >= 4 is 0 Å². The SMILES string of the molecule is C=CCN(CC=C)CC(C)C[C@H]1CC[C@H](C(C)(C)C)CC1. The molecular weight excluding hydrogens is 254 g/mol. The van der Waals surface area contributed by atoms with Crippen LogP contribution in [0.3, 0.4) is 0 Å². The summed E-state index contributed by atoms with van der Waals surface area (Å²) in [5.41, 5.74) is 0.501. The predicted octanol–water partition coefficient (Wildman–Crippen LogP) is 5.54. The van der Waals surface area contributed by atoms with Gasteiger partial charge in [-0.3, -0.25) is 4.90 Å². The molecule has 0 spiro atoms. The highest BCUT2D eigenvalue weighted by Gasteiger charge is 2.30. The van der Waals surface area contributed by atoms with Gasteiger partial charge < -0.3 is 0 Å². The summed E-state index contributed by atoms with van der Waals surface area (Å²) in [6.45, 7) is 20.5. The largest absolute Gasteiger partial charge is 0.296 e. The first-order valence-corrected chi connectivity index (χ1v) is 8.81. The molecule has 0 aliphatic heterocycles. The zero-order valence-corrected chi connectivity index (χ0v) is 14.9. The molecule has 0 bridgehead atoms. The van der Waals surface area contributed by atoms with Gasteiger partial charge in [0.05, 0.1) is 0 Å². The fourth-order valence-corrected chi connectivity index (χ4v) is 3.94. The lowest BCUT2D eigenvalue weighted by Gasteiger charge is -2.38. The molecule has 1 fully saturated rings. The van der Waals surface area contributed by atoms with Gasteiger partial charge in [-0.1, -0.05) is 52.7 Å². The zero-order chi connectivity index (χ0) is 15.9. The molecule has 1 unspecified atom stereocenters. The summed E-state index contributed by atoms with van der Waals surface area (Å²) in [6.07, 6.45) is 11.1. The van der Waals surface area contributed by atoms with Crippen LogP contribution in [0.2, 0.25) is 0 Å². The van der Waals surface area contributed by atoms with Crippen molar-refractivity contribution in [3.8, 4) is 0 Å². The highest BCUT2D eigenvalue weighted by Crippen LogP contribution is 2.41. The second-order valence-electron chi connectivity index (χ2n) is 8.22. The van der Waals surface area contributed by atoms with E-state index < -0.39 is 0 Å². The number of hydrogen-bond donors (Lipinski definition) is 0. The molecule has 1 nitrogen and oxygen atoms in total. The van der Waals surface area contributed by atoms with Gasteiger partial charge in [0.2, 0.25) is 0 Å². The van der Waals surface area contributed by atoms with E-state index in [1.54, 1.807) is 0 Å². The molecule has 1 atom stereocenters. The number of hydrogen-bond acceptors (Lipinski definition) is 1. The Labute approximate surface area is 133 Å². The van der Waals surface area contributed by atoms with Crippen LogP contribution < -0.4 is 0 Å². The quantitative estimate of drug-likeness (QED) is 0.531. The molecule has 0 aromatic carbocycles. The average Bonchev–Trinajstić information content (AvgIpc) is 2.38. The number of nitrogens with zero attached hydrogens (tertiary/aromatic N) is 1. The van der Waals surface area contributed by atoms with Crippen LogP contribution in [0.15, 0.2) is 25.3 Å². The first-order valence-electron chi connectivity index (χ1n) is 8.81. The van der Waals surface area contributed by atoms with Gasteiger partial charge >= 0.3 is 0 Å². The monoisotopic (exact) mass is 291 g/mol. The molecule has 1 saturated carbocycles. The molecule has 0 aromatic rings. The predicted molar refractivity (Wildman–Crippen MR) is 95.5 cm³/mol. The number of rotatable bonds is 8. The summed E-state index contributed by atoms with van der Waals surface area (Å²) in [4.78, 5) is 2.45. The smallest absolute Gasteiger partial charge is 0.0164 e. The van der Waals surface area contributed by atoms with Gasteiger partial charge in [0.1, 0.15) is 0 Å². The van der Waals surface area contributed by atoms with Gasteiger partial charge in [-0.2, -0.15) is 0 Å². The Balaban J connectivity index is 2.34. The van der Waals surface area contributed by atoms with E-state index in [1.165, 1.54) is 38.6 Å². The van der Waals surface area contributed by atoms with Crippen molar-refractivity contribution in [2.75, 3.05) is 19.6 Å². The fourth-order valence-electron chi connectivity index (χ4n) is 3.94. The van der Waals surface area contributed by atoms with Crippen LogP contribution >= 0.6 is 0 Å². The molecule has 0 heterocycles. The van der Waals surface area contributed by atoms with E-state index in [2.05, 4.69) is 45.8 Å². The first kappa shape index (κ1) is 18.5. The van der Waals surface area contributed by atoms with Crippen LogP contribution in [-0.2, 0) is 0 Å². The average molecular weight is 292 g/mol. The van der Waals surface area contributed by atoms with Gasteiger partial charge in [-0.25, -0.2) is 0 Å². The second kappa shape index (κ2) is 8.78. The molecule has 0 saturated heterocycles. The van der Waals surface area contributed by atoms with Gasteiger partial charge in [0.15, 0.2) is 0 Å². The fraction of sp³-hybridized carbons (Fsp3) is 0.800. The molecule has 0 N–H and O–H groups in total. The van der Waals surface area contributed by atoms with Crippen molar-refractivity contribution < 1.29 is 0 Å². The second-order valence-corrected chi connectivity index (χ2v) is 8.22. The maximum atomic E-state index is 3.86. The molecule has 21 heavy (non-hydrogen) atoms. The molecule has 0 radical (unpaired) electrons. The maximum Gasteiger partial charge on any atom is 0.0164 e. The summed E-state index contributed by atoms with van der Waals surface area (Å²) in [5.74, 6) is 2.66. The van der Waals surface area contributed by atoms with Gasteiger partial charge in [0, 0.05) is 19.6 Å². The minimum absolute atomic E-state index is 0.501. The van der Waals surface area contributed by atoms with Crippen LogP contribution in [0.25, 0.3) is 0 Å². The minimum atomic E-state index is 0.501. The van der Waals surface area contributed by atoms with Gasteiger partial charge in [0.25, 0.3) is 0 Å². The Bertz CT molecular complexity index is 294. The van der Waals surface area contributed by atoms with Gasteiger partial charge in [-0.15, -0.1) is 13.2 Å². The molecule has 0 amide bonds. The summed E-state index contributed by atoms with van der Waals surface area (Å²) in [6, 6.07) is 0. The van der Waals surface area contributed by atoms with E-state index in [0.717, 1.165) is 30.8 Å². The van der Waals surface area contributed by atoms with Crippen LogP contribution in [-0.4, -0.2) is 24.5 Å². The Kier molecular flexibility index (Phi) is 7.73. The highest BCUT2D eigenvalue weighted by atomic mass is 15.1. The summed E-state index contributed by atoms with van der Waals surface area (Å²) in [5, 5.41) is 0. The van der Waals surface area contributed by atoms with E-state index in [-0.39, 0.29) is 0 Å². The summed E-state index contributed by atoms with van der Waals surface area (Å²) >= 11 is 0. The Morgan fingerprint density at radius 1 is 1.05 bits per heavy atom. The first-order chi connectivity index (χ1) is 9.86. The van der Waals surface area contributed by atoms with E-state index >= 15 is 0 Å². The van der Waals surface area contributed by atoms with Crippen molar-refractivity contribution in [3.63, 3.8) is 0 Å². The molecule has 1 rings (SSSR count). The molecule has 0 aromatic heterocycles. The summed E-state index contributed by atoms with van der Waals surface area (Å²) in [7, 11) is 0. The third-order valence-electron chi connectivity index (χ3n) is 5.15. The lowest BCUT2D eigenvalue weighted by atomic mass is 9.68. The van der Waals surface area contributed by atoms with Crippen LogP contribution in [0.4, 0.5) is 0 Å². The van der Waals surface area contributed by atoms with Crippen molar-refractivity contribution in [2.24, 2.45) is 23.2 Å². The topological polar surface area (TPSA) is 3.24 Å². The lowest BCUT2D eigenvalue weighted by molar-refractivity contribution is 0.135. The molecular formula is C20H37N. The van der Waals surface area contributed by atoms with E-state index in [4.69, 9.17) is 0 Å². The molecule has 1 aliphatic rings. The van der Waals surface area contributed by atoms with Crippen molar-refractivity contribution in [2.45, 2.75) is 59.8 Å². The van der Waals surface area contributed by atoms with Crippen molar-refractivity contribution in [1.29, 1.82) is 0 Å². The van der Waals surface area contributed by atoms with E-state index in [0.29, 0.717) is 5.41 Å². The Hall–Kier alpha value is -0.560. The van der Waals surface area contributed by atoms with Crippen molar-refractivity contribution in [1.82, 2.24) is 4.90 Å². The molecule has 1 aliphatic carbocycles. The Morgan fingerprint density at radius 3 is 2.00 bits per heavy atom. The summed E-state index contributed by atoms with van der Waals surface area (Å²) < 4.78 is 0. The third kappa shape index (κ3) is 6.82. The standard InChI is InChI=1S/C20H37N/c1-7-13-21(14-8-2)16-17(3)15-18-9-11-19(12-10-18)20(4,5)6/h7-8,17-19H,1-2,9-16H2,3-6H3/t17?,18-,19-.